The Bertz CT molecular complexity index is 1520. The number of pyridine rings is 2. The van der Waals surface area contributed by atoms with E-state index in [1.165, 1.54) is 0 Å². The molecule has 0 N–H and O–H groups in total. The number of hydrogen-bond acceptors (Lipinski definition) is 3. The maximum atomic E-state index is 7.32. The minimum Gasteiger partial charge on any atom is -0.502 e. The number of rotatable bonds is 2. The molecular weight excluding hydrogens is 599 g/mol. The van der Waals surface area contributed by atoms with E-state index in [2.05, 4.69) is 26.9 Å². The summed E-state index contributed by atoms with van der Waals surface area (Å²) in [5, 5.41) is 1.78. The van der Waals surface area contributed by atoms with Gasteiger partial charge in [0.1, 0.15) is 5.58 Å². The van der Waals surface area contributed by atoms with Crippen LogP contribution in [0.15, 0.2) is 108 Å². The van der Waals surface area contributed by atoms with Gasteiger partial charge in [0.15, 0.2) is 5.69 Å². The second-order valence-corrected chi connectivity index (χ2v) is 7.17. The number of hydrogen-bond donors (Lipinski definition) is 0. The van der Waals surface area contributed by atoms with Crippen molar-refractivity contribution in [2.75, 3.05) is 0 Å². The fourth-order valence-electron chi connectivity index (χ4n) is 3.64. The van der Waals surface area contributed by atoms with Crippen LogP contribution in [0, 0.1) is 18.7 Å². The molecule has 0 unspecified atom stereocenters. The third-order valence-corrected chi connectivity index (χ3v) is 5.13. The predicted octanol–water partition coefficient (Wildman–Crippen LogP) is 7.55. The van der Waals surface area contributed by atoms with Crippen LogP contribution in [0.2, 0.25) is 0 Å². The topological polar surface area (TPSA) is 43.3 Å². The minimum atomic E-state index is 0. The SMILES string of the molecule is [C-]#[N+]c1cccc2oc3c(-c4ccccn4)[c-]ccc3c12.[Ir].[c-]1ccccc1-c1ccccn1. The van der Waals surface area contributed by atoms with Gasteiger partial charge >= 0.3 is 0 Å². The van der Waals surface area contributed by atoms with Crippen molar-refractivity contribution < 1.29 is 24.5 Å². The van der Waals surface area contributed by atoms with Gasteiger partial charge in [-0.3, -0.25) is 0 Å². The number of benzene rings is 3. The number of furan rings is 1. The molecule has 6 rings (SSSR count). The van der Waals surface area contributed by atoms with E-state index in [0.29, 0.717) is 5.69 Å². The van der Waals surface area contributed by atoms with Gasteiger partial charge in [-0.1, -0.05) is 47.3 Å². The third-order valence-electron chi connectivity index (χ3n) is 5.13. The van der Waals surface area contributed by atoms with Gasteiger partial charge in [-0.25, -0.2) is 4.85 Å². The summed E-state index contributed by atoms with van der Waals surface area (Å²) in [6.45, 7) is 7.32. The minimum absolute atomic E-state index is 0. The van der Waals surface area contributed by atoms with E-state index < -0.39 is 0 Å². The van der Waals surface area contributed by atoms with Crippen LogP contribution in [0.4, 0.5) is 5.69 Å². The maximum Gasteiger partial charge on any atom is 0.197 e. The van der Waals surface area contributed by atoms with Crippen LogP contribution in [-0.4, -0.2) is 9.97 Å². The molecule has 1 radical (unpaired) electrons. The molecule has 0 atom stereocenters. The van der Waals surface area contributed by atoms with E-state index in [0.717, 1.165) is 44.5 Å². The number of fused-ring (bicyclic) bond motifs is 3. The van der Waals surface area contributed by atoms with Gasteiger partial charge in [0.2, 0.25) is 0 Å². The Kier molecular flexibility index (Phi) is 7.25. The Balaban J connectivity index is 0.000000180. The van der Waals surface area contributed by atoms with Crippen molar-refractivity contribution in [3.8, 4) is 22.5 Å². The van der Waals surface area contributed by atoms with Crippen LogP contribution in [-0.2, 0) is 20.1 Å². The first kappa shape index (κ1) is 23.1. The molecule has 3 heterocycles. The molecule has 0 saturated carbocycles. The van der Waals surface area contributed by atoms with Crippen LogP contribution in [0.5, 0.6) is 0 Å². The zero-order valence-corrected chi connectivity index (χ0v) is 20.3. The molecule has 165 valence electrons. The first-order valence-corrected chi connectivity index (χ1v) is 10.4. The standard InChI is InChI=1S/C18H9N2O.C11H8N.Ir/c1-19-15-9-5-10-16-17(15)13-7-4-6-12(18(13)21-16)14-8-2-3-11-20-14;1-2-6-10(7-3-1)11-8-4-5-9-12-11;/h2-5,7-11H;1-6,8-9H;/q2*-1;. The Labute approximate surface area is 211 Å². The summed E-state index contributed by atoms with van der Waals surface area (Å²) in [6, 6.07) is 35.0. The first-order chi connectivity index (χ1) is 16.3. The molecule has 0 aliphatic carbocycles. The molecule has 4 nitrogen and oxygen atoms in total. The van der Waals surface area contributed by atoms with E-state index in [-0.39, 0.29) is 20.1 Å². The van der Waals surface area contributed by atoms with Gasteiger partial charge in [-0.05, 0) is 29.6 Å². The summed E-state index contributed by atoms with van der Waals surface area (Å²) in [6.07, 6.45) is 3.53. The van der Waals surface area contributed by atoms with Crippen LogP contribution in [0.1, 0.15) is 0 Å². The molecule has 5 heteroatoms. The summed E-state index contributed by atoms with van der Waals surface area (Å²) in [5.41, 5.74) is 5.69. The average Bonchev–Trinajstić information content (AvgIpc) is 3.30. The third kappa shape index (κ3) is 4.65. The summed E-state index contributed by atoms with van der Waals surface area (Å²) in [4.78, 5) is 12.2. The number of nitrogens with zero attached hydrogens (tertiary/aromatic N) is 3. The van der Waals surface area contributed by atoms with Crippen molar-refractivity contribution in [3.05, 3.63) is 127 Å². The molecule has 0 aliphatic heterocycles. The van der Waals surface area contributed by atoms with Crippen molar-refractivity contribution in [1.82, 2.24) is 9.97 Å². The van der Waals surface area contributed by atoms with Gasteiger partial charge in [-0.15, -0.1) is 54.1 Å². The predicted molar refractivity (Wildman–Crippen MR) is 131 cm³/mol. The van der Waals surface area contributed by atoms with Gasteiger partial charge in [-0.2, -0.15) is 0 Å². The van der Waals surface area contributed by atoms with Crippen molar-refractivity contribution in [3.63, 3.8) is 0 Å². The molecule has 3 aromatic heterocycles. The molecular formula is C29H17IrN3O-2. The van der Waals surface area contributed by atoms with E-state index in [4.69, 9.17) is 11.0 Å². The van der Waals surface area contributed by atoms with Gasteiger partial charge in [0.25, 0.3) is 0 Å². The van der Waals surface area contributed by atoms with Crippen molar-refractivity contribution in [1.29, 1.82) is 0 Å². The fraction of sp³-hybridized carbons (Fsp3) is 0. The van der Waals surface area contributed by atoms with Gasteiger partial charge in [0.05, 0.1) is 12.2 Å². The van der Waals surface area contributed by atoms with Crippen molar-refractivity contribution in [2.45, 2.75) is 0 Å². The van der Waals surface area contributed by atoms with E-state index in [1.54, 1.807) is 18.5 Å². The van der Waals surface area contributed by atoms with Crippen LogP contribution in [0.3, 0.4) is 0 Å². The quantitative estimate of drug-likeness (QED) is 0.189. The molecule has 0 amide bonds. The van der Waals surface area contributed by atoms with Crippen molar-refractivity contribution in [2.24, 2.45) is 0 Å². The summed E-state index contributed by atoms with van der Waals surface area (Å²) in [5.74, 6) is 0. The second kappa shape index (κ2) is 10.7. The Morgan fingerprint density at radius 3 is 2.18 bits per heavy atom. The van der Waals surface area contributed by atoms with E-state index in [9.17, 15) is 0 Å². The van der Waals surface area contributed by atoms with E-state index >= 15 is 0 Å². The zero-order valence-electron chi connectivity index (χ0n) is 17.9. The molecule has 34 heavy (non-hydrogen) atoms. The fourth-order valence-corrected chi connectivity index (χ4v) is 3.64. The van der Waals surface area contributed by atoms with Crippen LogP contribution >= 0.6 is 0 Å². The first-order valence-electron chi connectivity index (χ1n) is 10.4. The molecule has 0 bridgehead atoms. The second-order valence-electron chi connectivity index (χ2n) is 7.17. The Hall–Kier alpha value is -4.10. The van der Waals surface area contributed by atoms with Gasteiger partial charge < -0.3 is 14.4 Å². The largest absolute Gasteiger partial charge is 0.502 e. The molecule has 0 saturated heterocycles. The Morgan fingerprint density at radius 2 is 1.50 bits per heavy atom. The van der Waals surface area contributed by atoms with Crippen LogP contribution in [0.25, 0.3) is 49.3 Å². The summed E-state index contributed by atoms with van der Waals surface area (Å²) < 4.78 is 5.97. The normalized spacial score (nSPS) is 10.1. The van der Waals surface area contributed by atoms with Crippen molar-refractivity contribution >= 4 is 27.6 Å². The van der Waals surface area contributed by atoms with Gasteiger partial charge in [0, 0.05) is 37.9 Å². The average molecular weight is 616 g/mol. The summed E-state index contributed by atoms with van der Waals surface area (Å²) in [7, 11) is 0. The molecule has 3 aromatic carbocycles. The number of aromatic nitrogens is 2. The molecule has 0 spiro atoms. The molecule has 6 aromatic rings. The van der Waals surface area contributed by atoms with E-state index in [1.807, 2.05) is 84.9 Å². The molecule has 0 fully saturated rings. The zero-order chi connectivity index (χ0) is 22.5. The Morgan fingerprint density at radius 1 is 0.735 bits per heavy atom. The monoisotopic (exact) mass is 616 g/mol. The van der Waals surface area contributed by atoms with Crippen LogP contribution < -0.4 is 0 Å². The summed E-state index contributed by atoms with van der Waals surface area (Å²) >= 11 is 0. The smallest absolute Gasteiger partial charge is 0.197 e. The maximum absolute atomic E-state index is 7.32. The molecule has 0 aliphatic rings.